The standard InChI is InChI=1S/C22H28N6OS/c29-21(25-20-9-10-23-28(20)17-5-1-2-6-17)15-26-11-13-27(14-12-26)16-22-24-18-7-3-4-8-19(18)30-22/h3-4,7-10,17H,1-2,5-6,11-16H2,(H,25,29). The number of hydrogen-bond acceptors (Lipinski definition) is 6. The van der Waals surface area contributed by atoms with E-state index in [1.165, 1.54) is 22.5 Å². The van der Waals surface area contributed by atoms with Gasteiger partial charge in [0.25, 0.3) is 0 Å². The molecule has 2 aromatic heterocycles. The summed E-state index contributed by atoms with van der Waals surface area (Å²) in [4.78, 5) is 22.0. The number of rotatable bonds is 6. The molecule has 2 aliphatic rings. The van der Waals surface area contributed by atoms with Crippen molar-refractivity contribution in [1.82, 2.24) is 24.6 Å². The molecule has 0 bridgehead atoms. The van der Waals surface area contributed by atoms with Gasteiger partial charge in [0.2, 0.25) is 5.91 Å². The van der Waals surface area contributed by atoms with Crippen molar-refractivity contribution in [3.05, 3.63) is 41.5 Å². The first-order chi connectivity index (χ1) is 14.7. The number of nitrogens with zero attached hydrogens (tertiary/aromatic N) is 5. The fourth-order valence-corrected chi connectivity index (χ4v) is 5.53. The molecule has 30 heavy (non-hydrogen) atoms. The summed E-state index contributed by atoms with van der Waals surface area (Å²) in [5.74, 6) is 0.885. The van der Waals surface area contributed by atoms with Crippen molar-refractivity contribution >= 4 is 33.3 Å². The molecular formula is C22H28N6OS. The van der Waals surface area contributed by atoms with Crippen LogP contribution in [0, 0.1) is 0 Å². The Hall–Kier alpha value is -2.29. The molecule has 0 spiro atoms. The van der Waals surface area contributed by atoms with Crippen molar-refractivity contribution in [3.8, 4) is 0 Å². The summed E-state index contributed by atoms with van der Waals surface area (Å²) < 4.78 is 3.25. The number of para-hydroxylation sites is 1. The highest BCUT2D eigenvalue weighted by Crippen LogP contribution is 2.31. The molecule has 1 N–H and O–H groups in total. The van der Waals surface area contributed by atoms with Crippen LogP contribution in [0.1, 0.15) is 36.7 Å². The molecule has 0 unspecified atom stereocenters. The molecule has 3 heterocycles. The van der Waals surface area contributed by atoms with E-state index in [2.05, 4.69) is 38.4 Å². The van der Waals surface area contributed by atoms with Crippen LogP contribution in [-0.4, -0.2) is 63.2 Å². The van der Waals surface area contributed by atoms with E-state index in [9.17, 15) is 4.79 Å². The van der Waals surface area contributed by atoms with E-state index in [0.717, 1.165) is 56.9 Å². The molecule has 5 rings (SSSR count). The van der Waals surface area contributed by atoms with Crippen LogP contribution >= 0.6 is 11.3 Å². The zero-order valence-corrected chi connectivity index (χ0v) is 18.0. The maximum absolute atomic E-state index is 12.6. The summed E-state index contributed by atoms with van der Waals surface area (Å²) >= 11 is 1.78. The maximum Gasteiger partial charge on any atom is 0.239 e. The molecule has 0 atom stereocenters. The lowest BCUT2D eigenvalue weighted by molar-refractivity contribution is -0.117. The number of amides is 1. The number of fused-ring (bicyclic) bond motifs is 1. The van der Waals surface area contributed by atoms with E-state index in [0.29, 0.717) is 12.6 Å². The van der Waals surface area contributed by atoms with Gasteiger partial charge < -0.3 is 5.32 Å². The van der Waals surface area contributed by atoms with Crippen LogP contribution in [-0.2, 0) is 11.3 Å². The van der Waals surface area contributed by atoms with Gasteiger partial charge in [0.05, 0.1) is 35.5 Å². The quantitative estimate of drug-likeness (QED) is 0.657. The van der Waals surface area contributed by atoms with Crippen LogP contribution < -0.4 is 5.32 Å². The lowest BCUT2D eigenvalue weighted by Crippen LogP contribution is -2.48. The van der Waals surface area contributed by atoms with Crippen LogP contribution in [0.15, 0.2) is 36.5 Å². The Bertz CT molecular complexity index is 967. The zero-order valence-electron chi connectivity index (χ0n) is 17.2. The Morgan fingerprint density at radius 1 is 1.07 bits per heavy atom. The molecule has 2 fully saturated rings. The molecule has 1 saturated carbocycles. The zero-order chi connectivity index (χ0) is 20.3. The van der Waals surface area contributed by atoms with E-state index in [1.54, 1.807) is 17.5 Å². The minimum atomic E-state index is 0.0503. The summed E-state index contributed by atoms with van der Waals surface area (Å²) in [5, 5.41) is 8.69. The van der Waals surface area contributed by atoms with Gasteiger partial charge in [0.1, 0.15) is 10.8 Å². The van der Waals surface area contributed by atoms with Crippen LogP contribution in [0.3, 0.4) is 0 Å². The third-order valence-electron chi connectivity index (χ3n) is 6.14. The van der Waals surface area contributed by atoms with Crippen molar-refractivity contribution in [1.29, 1.82) is 0 Å². The average Bonchev–Trinajstić information content (AvgIpc) is 3.49. The first-order valence-electron chi connectivity index (χ1n) is 10.9. The fraction of sp³-hybridized carbons (Fsp3) is 0.500. The summed E-state index contributed by atoms with van der Waals surface area (Å²) in [7, 11) is 0. The number of carbonyl (C=O) groups excluding carboxylic acids is 1. The smallest absolute Gasteiger partial charge is 0.239 e. The van der Waals surface area contributed by atoms with Crippen LogP contribution in [0.2, 0.25) is 0 Å². The van der Waals surface area contributed by atoms with Gasteiger partial charge in [-0.25, -0.2) is 9.67 Å². The van der Waals surface area contributed by atoms with Gasteiger partial charge in [-0.2, -0.15) is 5.10 Å². The number of nitrogens with one attached hydrogen (secondary N) is 1. The van der Waals surface area contributed by atoms with Gasteiger partial charge in [0, 0.05) is 32.2 Å². The molecule has 0 radical (unpaired) electrons. The molecule has 158 valence electrons. The highest BCUT2D eigenvalue weighted by atomic mass is 32.1. The Balaban J connectivity index is 1.10. The molecule has 1 aromatic carbocycles. The summed E-state index contributed by atoms with van der Waals surface area (Å²) in [6.07, 6.45) is 6.59. The maximum atomic E-state index is 12.6. The fourth-order valence-electron chi connectivity index (χ4n) is 4.52. The number of carbonyl (C=O) groups is 1. The van der Waals surface area contributed by atoms with Gasteiger partial charge in [-0.15, -0.1) is 11.3 Å². The molecule has 8 heteroatoms. The minimum absolute atomic E-state index is 0.0503. The topological polar surface area (TPSA) is 66.3 Å². The normalized spacial score (nSPS) is 18.9. The largest absolute Gasteiger partial charge is 0.310 e. The monoisotopic (exact) mass is 424 g/mol. The third kappa shape index (κ3) is 4.40. The second kappa shape index (κ2) is 8.83. The van der Waals surface area contributed by atoms with Crippen LogP contribution in [0.5, 0.6) is 0 Å². The lowest BCUT2D eigenvalue weighted by atomic mass is 10.2. The number of hydrogen-bond donors (Lipinski definition) is 1. The number of thiazole rings is 1. The van der Waals surface area contributed by atoms with Crippen molar-refractivity contribution < 1.29 is 4.79 Å². The van der Waals surface area contributed by atoms with Gasteiger partial charge in [-0.05, 0) is 25.0 Å². The van der Waals surface area contributed by atoms with E-state index in [-0.39, 0.29) is 5.91 Å². The average molecular weight is 425 g/mol. The highest BCUT2D eigenvalue weighted by molar-refractivity contribution is 7.18. The summed E-state index contributed by atoms with van der Waals surface area (Å²) in [5.41, 5.74) is 1.09. The van der Waals surface area contributed by atoms with E-state index >= 15 is 0 Å². The Morgan fingerprint density at radius 2 is 1.83 bits per heavy atom. The molecule has 3 aromatic rings. The first-order valence-corrected chi connectivity index (χ1v) is 11.7. The van der Waals surface area contributed by atoms with Crippen LogP contribution in [0.25, 0.3) is 10.2 Å². The molecule has 1 amide bonds. The van der Waals surface area contributed by atoms with Gasteiger partial charge in [-0.1, -0.05) is 25.0 Å². The second-order valence-electron chi connectivity index (χ2n) is 8.28. The predicted molar refractivity (Wildman–Crippen MR) is 120 cm³/mol. The van der Waals surface area contributed by atoms with Gasteiger partial charge >= 0.3 is 0 Å². The Morgan fingerprint density at radius 3 is 2.63 bits per heavy atom. The van der Waals surface area contributed by atoms with Crippen molar-refractivity contribution in [2.45, 2.75) is 38.3 Å². The number of piperazine rings is 1. The second-order valence-corrected chi connectivity index (χ2v) is 9.39. The third-order valence-corrected chi connectivity index (χ3v) is 7.16. The van der Waals surface area contributed by atoms with E-state index in [4.69, 9.17) is 4.98 Å². The Labute approximate surface area is 180 Å². The first kappa shape index (κ1) is 19.7. The number of aromatic nitrogens is 3. The number of anilines is 1. The van der Waals surface area contributed by atoms with Crippen molar-refractivity contribution in [3.63, 3.8) is 0 Å². The van der Waals surface area contributed by atoms with Crippen molar-refractivity contribution in [2.75, 3.05) is 38.0 Å². The van der Waals surface area contributed by atoms with Crippen LogP contribution in [0.4, 0.5) is 5.82 Å². The number of benzene rings is 1. The van der Waals surface area contributed by atoms with E-state index in [1.807, 2.05) is 16.8 Å². The molecular weight excluding hydrogens is 396 g/mol. The highest BCUT2D eigenvalue weighted by Gasteiger charge is 2.23. The SMILES string of the molecule is O=C(CN1CCN(Cc2nc3ccccc3s2)CC1)Nc1ccnn1C1CCCC1. The van der Waals surface area contributed by atoms with Gasteiger partial charge in [0.15, 0.2) is 0 Å². The molecule has 1 aliphatic carbocycles. The van der Waals surface area contributed by atoms with Crippen molar-refractivity contribution in [2.24, 2.45) is 0 Å². The van der Waals surface area contributed by atoms with E-state index < -0.39 is 0 Å². The predicted octanol–water partition coefficient (Wildman–Crippen LogP) is 3.36. The minimum Gasteiger partial charge on any atom is -0.310 e. The Kier molecular flexibility index (Phi) is 5.79. The summed E-state index contributed by atoms with van der Waals surface area (Å²) in [6.45, 7) is 5.05. The lowest BCUT2D eigenvalue weighted by Gasteiger charge is -2.33. The summed E-state index contributed by atoms with van der Waals surface area (Å²) in [6, 6.07) is 10.6. The molecule has 7 nitrogen and oxygen atoms in total. The molecule has 1 aliphatic heterocycles. The molecule has 1 saturated heterocycles. The van der Waals surface area contributed by atoms with Gasteiger partial charge in [-0.3, -0.25) is 14.6 Å².